The smallest absolute Gasteiger partial charge is 0.378 e. The number of nitrogens with zero attached hydrogens (tertiary/aromatic N) is 2. The molecule has 0 aromatic heterocycles. The third kappa shape index (κ3) is 4.16. The molecule has 1 aliphatic carbocycles. The lowest BCUT2D eigenvalue weighted by molar-refractivity contribution is -0.382. The van der Waals surface area contributed by atoms with E-state index in [1.807, 2.05) is 0 Å². The van der Waals surface area contributed by atoms with Crippen LogP contribution in [0.3, 0.4) is 0 Å². The Morgan fingerprint density at radius 1 is 0.862 bits per heavy atom. The van der Waals surface area contributed by atoms with Crippen molar-refractivity contribution in [2.45, 2.75) is 49.0 Å². The highest BCUT2D eigenvalue weighted by molar-refractivity contribution is 7.91. The quantitative estimate of drug-likeness (QED) is 0.354. The number of ether oxygens (including phenoxy) is 1. The normalized spacial score (nSPS) is 21.7. The molecule has 2 rings (SSSR count). The molecule has 1 saturated heterocycles. The van der Waals surface area contributed by atoms with Crippen molar-refractivity contribution in [3.63, 3.8) is 0 Å². The van der Waals surface area contributed by atoms with Crippen LogP contribution < -0.4 is 0 Å². The largest absolute Gasteiger partial charge is 0.460 e. The molecule has 0 spiro atoms. The molecule has 1 saturated carbocycles. The lowest BCUT2D eigenvalue weighted by Gasteiger charge is -2.34. The number of hydrogen-bond acceptors (Lipinski definition) is 3. The second-order valence-electron chi connectivity index (χ2n) is 6.67. The molecule has 0 aromatic carbocycles. The van der Waals surface area contributed by atoms with E-state index >= 15 is 0 Å². The molecule has 0 radical (unpaired) electrons. The third-order valence-electron chi connectivity index (χ3n) is 4.71. The molecule has 0 unspecified atom stereocenters. The van der Waals surface area contributed by atoms with Crippen molar-refractivity contribution in [2.75, 3.05) is 26.3 Å². The fraction of sp³-hybridized carbons (Fsp3) is 0.929. The van der Waals surface area contributed by atoms with Crippen LogP contribution in [0.5, 0.6) is 0 Å². The van der Waals surface area contributed by atoms with Gasteiger partial charge in [0.25, 0.3) is 0 Å². The Labute approximate surface area is 159 Å². The third-order valence-corrected chi connectivity index (χ3v) is 6.04. The summed E-state index contributed by atoms with van der Waals surface area (Å²) in [5.74, 6) is -15.9. The number of hydrogen-bond donors (Lipinski definition) is 0. The van der Waals surface area contributed by atoms with Crippen molar-refractivity contribution >= 4 is 15.9 Å². The summed E-state index contributed by atoms with van der Waals surface area (Å²) in [6.07, 6.45) is -5.48. The summed E-state index contributed by atoms with van der Waals surface area (Å²) in [7, 11) is -6.80. The van der Waals surface area contributed by atoms with Gasteiger partial charge in [0.15, 0.2) is 0 Å². The maximum atomic E-state index is 14.0. The number of halogens is 9. The Morgan fingerprint density at radius 2 is 1.34 bits per heavy atom. The van der Waals surface area contributed by atoms with Gasteiger partial charge in [0.1, 0.15) is 5.84 Å². The second kappa shape index (κ2) is 7.78. The standard InChI is InChI=1S/C14H17F9N2O3S/c15-11(16,13(19,20)21)12(17,18)14(22,23)29(26,27)24-10(9-3-1-2-4-9)25-5-7-28-8-6-25/h9H,1-8H2/b24-10+. The molecular formula is C14H17F9N2O3S. The van der Waals surface area contributed by atoms with Crippen molar-refractivity contribution in [3.8, 4) is 0 Å². The highest BCUT2D eigenvalue weighted by Crippen LogP contribution is 2.55. The topological polar surface area (TPSA) is 59.0 Å². The number of amidine groups is 1. The van der Waals surface area contributed by atoms with Crippen LogP contribution in [0.1, 0.15) is 25.7 Å². The first-order valence-electron chi connectivity index (χ1n) is 8.43. The van der Waals surface area contributed by atoms with E-state index in [0.29, 0.717) is 12.8 Å². The van der Waals surface area contributed by atoms with Crippen LogP contribution in [0.15, 0.2) is 4.40 Å². The molecule has 2 fully saturated rings. The molecular weight excluding hydrogens is 447 g/mol. The van der Waals surface area contributed by atoms with Crippen LogP contribution >= 0.6 is 0 Å². The van der Waals surface area contributed by atoms with Crippen molar-refractivity contribution in [1.29, 1.82) is 0 Å². The maximum absolute atomic E-state index is 14.0. The van der Waals surface area contributed by atoms with Crippen LogP contribution in [-0.2, 0) is 14.8 Å². The summed E-state index contributed by atoms with van der Waals surface area (Å²) in [6, 6.07) is 0. The molecule has 29 heavy (non-hydrogen) atoms. The van der Waals surface area contributed by atoms with Gasteiger partial charge in [-0.1, -0.05) is 12.8 Å². The van der Waals surface area contributed by atoms with E-state index in [1.165, 1.54) is 4.90 Å². The van der Waals surface area contributed by atoms with Crippen molar-refractivity contribution in [3.05, 3.63) is 0 Å². The summed E-state index contributed by atoms with van der Waals surface area (Å²) in [5.41, 5.74) is 0. The molecule has 170 valence electrons. The predicted octanol–water partition coefficient (Wildman–Crippen LogP) is 3.66. The van der Waals surface area contributed by atoms with E-state index in [4.69, 9.17) is 4.74 Å². The fourth-order valence-electron chi connectivity index (χ4n) is 3.07. The number of sulfonamides is 1. The molecule has 1 heterocycles. The van der Waals surface area contributed by atoms with E-state index in [1.54, 1.807) is 0 Å². The Hall–Kier alpha value is -1.25. The molecule has 0 amide bonds. The Kier molecular flexibility index (Phi) is 6.44. The molecule has 0 atom stereocenters. The summed E-state index contributed by atoms with van der Waals surface area (Å²) < 4.78 is 149. The van der Waals surface area contributed by atoms with E-state index in [9.17, 15) is 47.9 Å². The minimum absolute atomic E-state index is 0.0322. The van der Waals surface area contributed by atoms with Crippen molar-refractivity contribution in [2.24, 2.45) is 10.3 Å². The second-order valence-corrected chi connectivity index (χ2v) is 8.31. The van der Waals surface area contributed by atoms with Gasteiger partial charge < -0.3 is 9.64 Å². The van der Waals surface area contributed by atoms with E-state index in [2.05, 4.69) is 4.40 Å². The zero-order valence-electron chi connectivity index (χ0n) is 14.7. The van der Waals surface area contributed by atoms with Gasteiger partial charge in [0, 0.05) is 19.0 Å². The van der Waals surface area contributed by atoms with Gasteiger partial charge >= 0.3 is 33.3 Å². The first-order chi connectivity index (χ1) is 13.1. The first kappa shape index (κ1) is 24.0. The highest BCUT2D eigenvalue weighted by Gasteiger charge is 2.85. The van der Waals surface area contributed by atoms with Gasteiger partial charge in [-0.25, -0.2) is 0 Å². The summed E-state index contributed by atoms with van der Waals surface area (Å²) >= 11 is 0. The van der Waals surface area contributed by atoms with Gasteiger partial charge in [-0.3, -0.25) is 0 Å². The highest BCUT2D eigenvalue weighted by atomic mass is 32.2. The van der Waals surface area contributed by atoms with Crippen molar-refractivity contribution < 1.29 is 52.7 Å². The van der Waals surface area contributed by atoms with E-state index < -0.39 is 45.1 Å². The minimum atomic E-state index is -7.31. The van der Waals surface area contributed by atoms with Crippen LogP contribution in [-0.4, -0.2) is 68.7 Å². The van der Waals surface area contributed by atoms with E-state index in [-0.39, 0.29) is 39.1 Å². The maximum Gasteiger partial charge on any atom is 0.460 e. The van der Waals surface area contributed by atoms with Gasteiger partial charge in [0.2, 0.25) is 0 Å². The van der Waals surface area contributed by atoms with Gasteiger partial charge in [-0.05, 0) is 12.8 Å². The molecule has 2 aliphatic rings. The molecule has 0 bridgehead atoms. The Bertz CT molecular complexity index is 725. The Balaban J connectivity index is 2.51. The molecule has 1 aliphatic heterocycles. The molecule has 5 nitrogen and oxygen atoms in total. The zero-order chi connectivity index (χ0) is 22.3. The fourth-order valence-corrected chi connectivity index (χ4v) is 4.15. The summed E-state index contributed by atoms with van der Waals surface area (Å²) in [6.45, 7) is -0.00791. The summed E-state index contributed by atoms with van der Waals surface area (Å²) in [5, 5.41) is -6.81. The SMILES string of the molecule is O=S(=O)(/N=C(\C1CCCC1)N1CCOCC1)C(F)(F)C(F)(F)C(F)(F)C(F)(F)F. The molecule has 0 N–H and O–H groups in total. The van der Waals surface area contributed by atoms with Crippen LogP contribution in [0.25, 0.3) is 0 Å². The number of rotatable bonds is 5. The minimum Gasteiger partial charge on any atom is -0.378 e. The first-order valence-corrected chi connectivity index (χ1v) is 9.87. The molecule has 15 heteroatoms. The average molecular weight is 464 g/mol. The van der Waals surface area contributed by atoms with Gasteiger partial charge in [-0.15, -0.1) is 4.40 Å². The average Bonchev–Trinajstić information content (AvgIpc) is 3.13. The predicted molar refractivity (Wildman–Crippen MR) is 81.6 cm³/mol. The molecule has 0 aromatic rings. The van der Waals surface area contributed by atoms with Crippen LogP contribution in [0.4, 0.5) is 39.5 Å². The van der Waals surface area contributed by atoms with Gasteiger partial charge in [0.05, 0.1) is 13.2 Å². The number of morpholine rings is 1. The summed E-state index contributed by atoms with van der Waals surface area (Å²) in [4.78, 5) is 1.17. The zero-order valence-corrected chi connectivity index (χ0v) is 15.5. The van der Waals surface area contributed by atoms with E-state index in [0.717, 1.165) is 0 Å². The monoisotopic (exact) mass is 464 g/mol. The lowest BCUT2D eigenvalue weighted by Crippen LogP contribution is -2.63. The lowest BCUT2D eigenvalue weighted by atomic mass is 10.1. The van der Waals surface area contributed by atoms with Crippen LogP contribution in [0, 0.1) is 5.92 Å². The Morgan fingerprint density at radius 3 is 1.79 bits per heavy atom. The van der Waals surface area contributed by atoms with Gasteiger partial charge in [-0.2, -0.15) is 47.9 Å². The van der Waals surface area contributed by atoms with Crippen LogP contribution in [0.2, 0.25) is 0 Å². The number of alkyl halides is 9. The van der Waals surface area contributed by atoms with Crippen molar-refractivity contribution in [1.82, 2.24) is 4.90 Å².